The largest absolute Gasteiger partial charge is 0.370 e. The standard InChI is InChI=1S/C23H34N4O3/c1-22(8-4-3-5-9-22)21(29)27-12-10-23(11-13-27)14-18-17(15-30-23)19(25-26(18)2)20(28)24-16-6-7-16/h16H,3-15H2,1-2H3,(H,24,28). The van der Waals surface area contributed by atoms with Gasteiger partial charge in [0.25, 0.3) is 5.91 Å². The number of fused-ring (bicyclic) bond motifs is 1. The molecule has 3 heterocycles. The molecule has 30 heavy (non-hydrogen) atoms. The maximum atomic E-state index is 13.2. The number of likely N-dealkylation sites (tertiary alicyclic amines) is 1. The van der Waals surface area contributed by atoms with Crippen molar-refractivity contribution in [2.45, 2.75) is 89.4 Å². The van der Waals surface area contributed by atoms with Crippen molar-refractivity contribution in [3.8, 4) is 0 Å². The number of carbonyl (C=O) groups excluding carboxylic acids is 2. The van der Waals surface area contributed by atoms with Crippen LogP contribution >= 0.6 is 0 Å². The maximum Gasteiger partial charge on any atom is 0.272 e. The number of carbonyl (C=O) groups is 2. The lowest BCUT2D eigenvalue weighted by Crippen LogP contribution is -2.53. The Bertz CT molecular complexity index is 843. The summed E-state index contributed by atoms with van der Waals surface area (Å²) in [4.78, 5) is 27.8. The summed E-state index contributed by atoms with van der Waals surface area (Å²) in [6.45, 7) is 4.11. The summed E-state index contributed by atoms with van der Waals surface area (Å²) in [6.07, 6.45) is 10.2. The predicted molar refractivity (Wildman–Crippen MR) is 112 cm³/mol. The van der Waals surface area contributed by atoms with Crippen molar-refractivity contribution in [1.82, 2.24) is 20.0 Å². The highest BCUT2D eigenvalue weighted by atomic mass is 16.5. The van der Waals surface area contributed by atoms with Crippen LogP contribution in [-0.4, -0.2) is 51.2 Å². The minimum Gasteiger partial charge on any atom is -0.370 e. The number of amides is 2. The van der Waals surface area contributed by atoms with Crippen LogP contribution in [0.2, 0.25) is 0 Å². The van der Waals surface area contributed by atoms with Gasteiger partial charge >= 0.3 is 0 Å². The van der Waals surface area contributed by atoms with Crippen LogP contribution in [0.25, 0.3) is 0 Å². The number of piperidine rings is 1. The lowest BCUT2D eigenvalue weighted by molar-refractivity contribution is -0.152. The zero-order valence-corrected chi connectivity index (χ0v) is 18.3. The Morgan fingerprint density at radius 1 is 1.10 bits per heavy atom. The van der Waals surface area contributed by atoms with E-state index in [4.69, 9.17) is 4.74 Å². The Kier molecular flexibility index (Phi) is 4.92. The number of ether oxygens (including phenoxy) is 1. The second-order valence-corrected chi connectivity index (χ2v) is 10.2. The number of hydrogen-bond acceptors (Lipinski definition) is 4. The molecule has 164 valence electrons. The zero-order valence-electron chi connectivity index (χ0n) is 18.3. The molecule has 5 rings (SSSR count). The smallest absolute Gasteiger partial charge is 0.272 e. The molecule has 1 saturated heterocycles. The van der Waals surface area contributed by atoms with E-state index in [1.165, 1.54) is 19.3 Å². The Labute approximate surface area is 178 Å². The number of rotatable bonds is 3. The van der Waals surface area contributed by atoms with Crippen LogP contribution in [0.15, 0.2) is 0 Å². The second kappa shape index (κ2) is 7.36. The molecule has 1 aromatic rings. The number of nitrogens with zero attached hydrogens (tertiary/aromatic N) is 3. The predicted octanol–water partition coefficient (Wildman–Crippen LogP) is 2.72. The third-order valence-corrected chi connectivity index (χ3v) is 7.85. The normalized spacial score (nSPS) is 25.1. The first-order valence-electron chi connectivity index (χ1n) is 11.7. The van der Waals surface area contributed by atoms with Crippen LogP contribution in [-0.2, 0) is 29.6 Å². The van der Waals surface area contributed by atoms with Crippen molar-refractivity contribution in [2.24, 2.45) is 12.5 Å². The monoisotopic (exact) mass is 414 g/mol. The minimum atomic E-state index is -0.241. The minimum absolute atomic E-state index is 0.0740. The van der Waals surface area contributed by atoms with Crippen molar-refractivity contribution in [1.29, 1.82) is 0 Å². The second-order valence-electron chi connectivity index (χ2n) is 10.2. The van der Waals surface area contributed by atoms with Crippen molar-refractivity contribution in [3.63, 3.8) is 0 Å². The summed E-state index contributed by atoms with van der Waals surface area (Å²) in [6, 6.07) is 0.318. The van der Waals surface area contributed by atoms with E-state index < -0.39 is 0 Å². The fourth-order valence-corrected chi connectivity index (χ4v) is 5.59. The van der Waals surface area contributed by atoms with Gasteiger partial charge in [0.05, 0.1) is 12.2 Å². The quantitative estimate of drug-likeness (QED) is 0.825. The molecule has 7 heteroatoms. The van der Waals surface area contributed by atoms with Gasteiger partial charge in [-0.05, 0) is 38.5 Å². The molecule has 4 aliphatic rings. The highest BCUT2D eigenvalue weighted by Crippen LogP contribution is 2.41. The van der Waals surface area contributed by atoms with Crippen LogP contribution in [0.5, 0.6) is 0 Å². The molecule has 0 aromatic carbocycles. The molecule has 2 saturated carbocycles. The molecule has 1 spiro atoms. The number of hydrogen-bond donors (Lipinski definition) is 1. The SMILES string of the molecule is Cn1nc(C(=O)NC2CC2)c2c1CC1(CCN(C(=O)C3(C)CCCCC3)CC1)OC2. The first kappa shape index (κ1) is 20.0. The van der Waals surface area contributed by atoms with Gasteiger partial charge in [-0.25, -0.2) is 0 Å². The Morgan fingerprint density at radius 3 is 2.47 bits per heavy atom. The summed E-state index contributed by atoms with van der Waals surface area (Å²) in [7, 11) is 1.92. The maximum absolute atomic E-state index is 13.2. The Hall–Kier alpha value is -1.89. The van der Waals surface area contributed by atoms with E-state index >= 15 is 0 Å². The van der Waals surface area contributed by atoms with Gasteiger partial charge in [-0.3, -0.25) is 14.3 Å². The van der Waals surface area contributed by atoms with E-state index in [-0.39, 0.29) is 16.9 Å². The van der Waals surface area contributed by atoms with Crippen LogP contribution in [0.3, 0.4) is 0 Å². The van der Waals surface area contributed by atoms with Crippen molar-refractivity contribution in [3.05, 3.63) is 17.0 Å². The van der Waals surface area contributed by atoms with E-state index in [2.05, 4.69) is 22.2 Å². The summed E-state index contributed by atoms with van der Waals surface area (Å²) < 4.78 is 8.25. The van der Waals surface area contributed by atoms with Gasteiger partial charge in [0.15, 0.2) is 5.69 Å². The van der Waals surface area contributed by atoms with Gasteiger partial charge < -0.3 is 15.0 Å². The molecule has 0 unspecified atom stereocenters. The first-order chi connectivity index (χ1) is 14.4. The van der Waals surface area contributed by atoms with Crippen LogP contribution in [0, 0.1) is 5.41 Å². The number of aromatic nitrogens is 2. The molecule has 1 aromatic heterocycles. The van der Waals surface area contributed by atoms with E-state index in [0.29, 0.717) is 24.2 Å². The van der Waals surface area contributed by atoms with Crippen LogP contribution in [0.1, 0.15) is 86.5 Å². The summed E-state index contributed by atoms with van der Waals surface area (Å²) in [5.41, 5.74) is 2.16. The summed E-state index contributed by atoms with van der Waals surface area (Å²) >= 11 is 0. The molecule has 1 N–H and O–H groups in total. The van der Waals surface area contributed by atoms with Gasteiger partial charge in [-0.1, -0.05) is 26.2 Å². The Balaban J connectivity index is 1.26. The van der Waals surface area contributed by atoms with Gasteiger partial charge in [-0.15, -0.1) is 0 Å². The van der Waals surface area contributed by atoms with E-state index in [9.17, 15) is 9.59 Å². The molecule has 2 aliphatic heterocycles. The highest BCUT2D eigenvalue weighted by molar-refractivity contribution is 5.94. The van der Waals surface area contributed by atoms with E-state index in [0.717, 1.165) is 69.3 Å². The van der Waals surface area contributed by atoms with Gasteiger partial charge in [-0.2, -0.15) is 5.10 Å². The number of aryl methyl sites for hydroxylation is 1. The lowest BCUT2D eigenvalue weighted by Gasteiger charge is -2.46. The lowest BCUT2D eigenvalue weighted by atomic mass is 9.74. The average Bonchev–Trinajstić information content (AvgIpc) is 3.51. The average molecular weight is 415 g/mol. The van der Waals surface area contributed by atoms with Crippen molar-refractivity contribution >= 4 is 11.8 Å². The highest BCUT2D eigenvalue weighted by Gasteiger charge is 2.45. The molecule has 0 radical (unpaired) electrons. The van der Waals surface area contributed by atoms with Crippen molar-refractivity contribution in [2.75, 3.05) is 13.1 Å². The first-order valence-corrected chi connectivity index (χ1v) is 11.7. The summed E-state index contributed by atoms with van der Waals surface area (Å²) in [5, 5.41) is 7.57. The van der Waals surface area contributed by atoms with Gasteiger partial charge in [0.1, 0.15) is 0 Å². The molecule has 3 fully saturated rings. The Morgan fingerprint density at radius 2 is 1.80 bits per heavy atom. The third kappa shape index (κ3) is 3.55. The summed E-state index contributed by atoms with van der Waals surface area (Å²) in [5.74, 6) is 0.267. The fourth-order valence-electron chi connectivity index (χ4n) is 5.59. The molecule has 2 aliphatic carbocycles. The third-order valence-electron chi connectivity index (χ3n) is 7.85. The van der Waals surface area contributed by atoms with Crippen LogP contribution in [0.4, 0.5) is 0 Å². The van der Waals surface area contributed by atoms with Crippen LogP contribution < -0.4 is 5.32 Å². The number of nitrogens with one attached hydrogen (secondary N) is 1. The zero-order chi connectivity index (χ0) is 20.9. The fraction of sp³-hybridized carbons (Fsp3) is 0.783. The molecule has 0 atom stereocenters. The van der Waals surface area contributed by atoms with E-state index in [1.54, 1.807) is 0 Å². The molecule has 7 nitrogen and oxygen atoms in total. The van der Waals surface area contributed by atoms with Gasteiger partial charge in [0, 0.05) is 49.3 Å². The topological polar surface area (TPSA) is 76.5 Å². The molecular formula is C23H34N4O3. The van der Waals surface area contributed by atoms with Gasteiger partial charge in [0.2, 0.25) is 5.91 Å². The molecule has 0 bridgehead atoms. The van der Waals surface area contributed by atoms with E-state index in [1.807, 2.05) is 11.7 Å². The molecular weight excluding hydrogens is 380 g/mol. The molecule has 2 amide bonds. The van der Waals surface area contributed by atoms with Crippen molar-refractivity contribution < 1.29 is 14.3 Å².